The summed E-state index contributed by atoms with van der Waals surface area (Å²) in [6, 6.07) is 6.88. The van der Waals surface area contributed by atoms with E-state index in [1.807, 2.05) is 13.0 Å². The largest absolute Gasteiger partial charge is 0.437 e. The molecule has 3 N–H and O–H groups in total. The van der Waals surface area contributed by atoms with Gasteiger partial charge >= 0.3 is 0 Å². The SMILES string of the molecule is CCOCc1nc(NN)cc(Oc2ccc(Br)cc2Cl)n1. The van der Waals surface area contributed by atoms with Crippen molar-refractivity contribution in [2.24, 2.45) is 5.84 Å². The summed E-state index contributed by atoms with van der Waals surface area (Å²) in [5.41, 5.74) is 2.47. The van der Waals surface area contributed by atoms with Gasteiger partial charge in [-0.25, -0.2) is 10.8 Å². The van der Waals surface area contributed by atoms with E-state index in [-0.39, 0.29) is 6.61 Å². The number of nitrogen functional groups attached to an aromatic ring is 1. The number of halogens is 2. The van der Waals surface area contributed by atoms with Crippen molar-refractivity contribution in [1.82, 2.24) is 9.97 Å². The smallest absolute Gasteiger partial charge is 0.224 e. The molecule has 0 aliphatic carbocycles. The minimum atomic E-state index is 0.274. The molecular weight excluding hydrogens is 360 g/mol. The maximum Gasteiger partial charge on any atom is 0.224 e. The lowest BCUT2D eigenvalue weighted by molar-refractivity contribution is 0.128. The van der Waals surface area contributed by atoms with Crippen LogP contribution < -0.4 is 16.0 Å². The van der Waals surface area contributed by atoms with Crippen molar-refractivity contribution < 1.29 is 9.47 Å². The summed E-state index contributed by atoms with van der Waals surface area (Å²) in [6.45, 7) is 2.73. The van der Waals surface area contributed by atoms with Crippen LogP contribution in [-0.2, 0) is 11.3 Å². The van der Waals surface area contributed by atoms with Crippen LogP contribution in [-0.4, -0.2) is 16.6 Å². The van der Waals surface area contributed by atoms with Gasteiger partial charge in [0.05, 0.1) is 5.02 Å². The normalized spacial score (nSPS) is 10.5. The summed E-state index contributed by atoms with van der Waals surface area (Å²) in [6.07, 6.45) is 0. The minimum Gasteiger partial charge on any atom is -0.437 e. The fraction of sp³-hybridized carbons (Fsp3) is 0.231. The lowest BCUT2D eigenvalue weighted by atomic mass is 10.3. The molecule has 112 valence electrons. The summed E-state index contributed by atoms with van der Waals surface area (Å²) in [7, 11) is 0. The zero-order valence-electron chi connectivity index (χ0n) is 11.3. The van der Waals surface area contributed by atoms with Gasteiger partial charge in [0.15, 0.2) is 5.82 Å². The second-order valence-corrected chi connectivity index (χ2v) is 5.29. The van der Waals surface area contributed by atoms with E-state index in [2.05, 4.69) is 31.3 Å². The average molecular weight is 374 g/mol. The van der Waals surface area contributed by atoms with E-state index in [4.69, 9.17) is 26.9 Å². The van der Waals surface area contributed by atoms with E-state index < -0.39 is 0 Å². The Morgan fingerprint density at radius 1 is 1.33 bits per heavy atom. The van der Waals surface area contributed by atoms with E-state index in [1.54, 1.807) is 18.2 Å². The molecule has 0 amide bonds. The van der Waals surface area contributed by atoms with Crippen LogP contribution in [0.4, 0.5) is 5.82 Å². The molecular formula is C13H14BrClN4O2. The van der Waals surface area contributed by atoms with Crippen molar-refractivity contribution in [2.45, 2.75) is 13.5 Å². The molecule has 0 bridgehead atoms. The van der Waals surface area contributed by atoms with Crippen molar-refractivity contribution >= 4 is 33.3 Å². The Bertz CT molecular complexity index is 627. The Morgan fingerprint density at radius 3 is 2.81 bits per heavy atom. The molecule has 0 saturated carbocycles. The summed E-state index contributed by atoms with van der Waals surface area (Å²) in [5, 5.41) is 0.469. The first-order valence-electron chi connectivity index (χ1n) is 6.17. The maximum absolute atomic E-state index is 6.11. The number of hydrazine groups is 1. The number of benzene rings is 1. The van der Waals surface area contributed by atoms with E-state index in [1.165, 1.54) is 0 Å². The number of nitrogens with two attached hydrogens (primary N) is 1. The van der Waals surface area contributed by atoms with Crippen LogP contribution in [0.15, 0.2) is 28.7 Å². The number of nitrogens with zero attached hydrogens (tertiary/aromatic N) is 2. The summed E-state index contributed by atoms with van der Waals surface area (Å²) >= 11 is 9.45. The molecule has 1 aromatic heterocycles. The van der Waals surface area contributed by atoms with E-state index >= 15 is 0 Å². The van der Waals surface area contributed by atoms with Crippen LogP contribution in [0.1, 0.15) is 12.7 Å². The molecule has 2 aromatic rings. The second kappa shape index (κ2) is 7.56. The standard InChI is InChI=1S/C13H14BrClN4O2/c1-2-20-7-12-17-11(19-16)6-13(18-12)21-10-4-3-8(14)5-9(10)15/h3-6H,2,7,16H2,1H3,(H,17,18,19). The van der Waals surface area contributed by atoms with Gasteiger partial charge in [-0.05, 0) is 25.1 Å². The van der Waals surface area contributed by atoms with Crippen LogP contribution in [0.2, 0.25) is 5.02 Å². The van der Waals surface area contributed by atoms with E-state index in [0.717, 1.165) is 4.47 Å². The van der Waals surface area contributed by atoms with E-state index in [9.17, 15) is 0 Å². The number of rotatable bonds is 6. The van der Waals surface area contributed by atoms with Crippen molar-refractivity contribution in [2.75, 3.05) is 12.0 Å². The Kier molecular flexibility index (Phi) is 5.75. The van der Waals surface area contributed by atoms with Gasteiger partial charge in [0.25, 0.3) is 0 Å². The van der Waals surface area contributed by atoms with Gasteiger partial charge in [-0.15, -0.1) is 0 Å². The van der Waals surface area contributed by atoms with Crippen LogP contribution in [0, 0.1) is 0 Å². The van der Waals surface area contributed by atoms with Crippen LogP contribution in [0.25, 0.3) is 0 Å². The monoisotopic (exact) mass is 372 g/mol. The van der Waals surface area contributed by atoms with Gasteiger partial charge in [-0.3, -0.25) is 0 Å². The highest BCUT2D eigenvalue weighted by Crippen LogP contribution is 2.31. The zero-order chi connectivity index (χ0) is 15.2. The molecule has 0 aliphatic heterocycles. The Hall–Kier alpha value is -1.41. The minimum absolute atomic E-state index is 0.274. The van der Waals surface area contributed by atoms with Gasteiger partial charge < -0.3 is 14.9 Å². The molecule has 0 unspecified atom stereocenters. The molecule has 0 aliphatic rings. The van der Waals surface area contributed by atoms with Crippen molar-refractivity contribution in [3.63, 3.8) is 0 Å². The third kappa shape index (κ3) is 4.53. The predicted molar refractivity (Wildman–Crippen MR) is 84.4 cm³/mol. The fourth-order valence-electron chi connectivity index (χ4n) is 1.53. The third-order valence-electron chi connectivity index (χ3n) is 2.44. The quantitative estimate of drug-likeness (QED) is 0.595. The molecule has 1 heterocycles. The first-order chi connectivity index (χ1) is 10.1. The lowest BCUT2D eigenvalue weighted by Gasteiger charge is -2.10. The van der Waals surface area contributed by atoms with Crippen LogP contribution in [0.5, 0.6) is 11.6 Å². The average Bonchev–Trinajstić information content (AvgIpc) is 2.48. The number of aromatic nitrogens is 2. The van der Waals surface area contributed by atoms with E-state index in [0.29, 0.717) is 34.9 Å². The number of nitrogens with one attached hydrogen (secondary N) is 1. The van der Waals surface area contributed by atoms with Gasteiger partial charge in [0, 0.05) is 17.1 Å². The topological polar surface area (TPSA) is 82.3 Å². The molecule has 0 fully saturated rings. The number of anilines is 1. The molecule has 8 heteroatoms. The highest BCUT2D eigenvalue weighted by atomic mass is 79.9. The van der Waals surface area contributed by atoms with Crippen molar-refractivity contribution in [1.29, 1.82) is 0 Å². The molecule has 0 spiro atoms. The molecule has 6 nitrogen and oxygen atoms in total. The molecule has 0 atom stereocenters. The zero-order valence-corrected chi connectivity index (χ0v) is 13.6. The van der Waals surface area contributed by atoms with Gasteiger partial charge in [0.1, 0.15) is 18.2 Å². The number of ether oxygens (including phenoxy) is 2. The summed E-state index contributed by atoms with van der Waals surface area (Å²) in [5.74, 6) is 7.11. The third-order valence-corrected chi connectivity index (χ3v) is 3.23. The van der Waals surface area contributed by atoms with Gasteiger partial charge in [0.2, 0.25) is 5.88 Å². The maximum atomic E-state index is 6.11. The Morgan fingerprint density at radius 2 is 2.14 bits per heavy atom. The highest BCUT2D eigenvalue weighted by molar-refractivity contribution is 9.10. The summed E-state index contributed by atoms with van der Waals surface area (Å²) < 4.78 is 11.8. The van der Waals surface area contributed by atoms with Crippen molar-refractivity contribution in [3.8, 4) is 11.6 Å². The second-order valence-electron chi connectivity index (χ2n) is 3.97. The molecule has 0 saturated heterocycles. The molecule has 2 rings (SSSR count). The van der Waals surface area contributed by atoms with Gasteiger partial charge in [-0.2, -0.15) is 4.98 Å². The molecule has 21 heavy (non-hydrogen) atoms. The molecule has 0 radical (unpaired) electrons. The van der Waals surface area contributed by atoms with Crippen molar-refractivity contribution in [3.05, 3.63) is 39.6 Å². The predicted octanol–water partition coefficient (Wildman–Crippen LogP) is 3.51. The first-order valence-corrected chi connectivity index (χ1v) is 7.34. The van der Waals surface area contributed by atoms with Gasteiger partial charge in [-0.1, -0.05) is 27.5 Å². The molecule has 1 aromatic carbocycles. The lowest BCUT2D eigenvalue weighted by Crippen LogP contribution is -2.11. The summed E-state index contributed by atoms with van der Waals surface area (Å²) in [4.78, 5) is 8.43. The highest BCUT2D eigenvalue weighted by Gasteiger charge is 2.09. The Balaban J connectivity index is 2.25. The number of hydrogen-bond donors (Lipinski definition) is 2. The first kappa shape index (κ1) is 16.0. The van der Waals surface area contributed by atoms with Crippen LogP contribution >= 0.6 is 27.5 Å². The Labute approximate surface area is 135 Å². The number of hydrogen-bond acceptors (Lipinski definition) is 6. The van der Waals surface area contributed by atoms with Crippen LogP contribution in [0.3, 0.4) is 0 Å². The fourth-order valence-corrected chi connectivity index (χ4v) is 2.24.